The average molecular weight is 405 g/mol. The Labute approximate surface area is 178 Å². The molecule has 0 radical (unpaired) electrons. The first kappa shape index (κ1) is 19.5. The van der Waals surface area contributed by atoms with Crippen molar-refractivity contribution in [1.29, 1.82) is 0 Å². The van der Waals surface area contributed by atoms with Crippen LogP contribution in [-0.4, -0.2) is 28.0 Å². The van der Waals surface area contributed by atoms with Crippen LogP contribution >= 0.6 is 0 Å². The van der Waals surface area contributed by atoms with Crippen LogP contribution in [0.1, 0.15) is 67.4 Å². The highest BCUT2D eigenvalue weighted by molar-refractivity contribution is 5.98. The number of amides is 1. The molecule has 3 aromatic rings. The van der Waals surface area contributed by atoms with E-state index in [4.69, 9.17) is 4.42 Å². The van der Waals surface area contributed by atoms with E-state index in [1.807, 2.05) is 19.1 Å². The first-order valence-corrected chi connectivity index (χ1v) is 11.1. The molecule has 1 saturated carbocycles. The summed E-state index contributed by atoms with van der Waals surface area (Å²) < 4.78 is 8.05. The van der Waals surface area contributed by atoms with E-state index in [9.17, 15) is 4.79 Å². The fourth-order valence-corrected chi connectivity index (χ4v) is 6.23. The zero-order valence-electron chi connectivity index (χ0n) is 18.8. The molecular formula is C26H32N2O2. The summed E-state index contributed by atoms with van der Waals surface area (Å²) in [5.74, 6) is 1.03. The van der Waals surface area contributed by atoms with Crippen LogP contribution < -0.4 is 0 Å². The molecule has 30 heavy (non-hydrogen) atoms. The predicted octanol–water partition coefficient (Wildman–Crippen LogP) is 5.94. The molecule has 5 rings (SSSR count). The minimum atomic E-state index is 0.151. The number of carbonyl (C=O) groups is 1. The Bertz CT molecular complexity index is 1120. The van der Waals surface area contributed by atoms with E-state index < -0.39 is 0 Å². The number of aryl methyl sites for hydroxylation is 2. The van der Waals surface area contributed by atoms with Crippen LogP contribution in [0.15, 0.2) is 40.8 Å². The maximum absolute atomic E-state index is 13.8. The van der Waals surface area contributed by atoms with Crippen LogP contribution in [0.3, 0.4) is 0 Å². The van der Waals surface area contributed by atoms with Crippen LogP contribution in [0.5, 0.6) is 0 Å². The summed E-state index contributed by atoms with van der Waals surface area (Å²) in [7, 11) is 0. The van der Waals surface area contributed by atoms with Crippen LogP contribution in [0.2, 0.25) is 0 Å². The standard InChI is InChI=1S/C26H32N2O2/c1-17-6-8-19(9-7-17)14-27-21-10-18(2)30-23(21)11-22(27)24(29)28-16-26(5)13-20(28)12-25(3,4)15-26/h6-11,20H,12-16H2,1-5H3/t20-,26-/m1/s1. The number of carbonyl (C=O) groups excluding carboxylic acids is 1. The molecule has 3 heterocycles. The van der Waals surface area contributed by atoms with Gasteiger partial charge in [0.05, 0.1) is 5.52 Å². The van der Waals surface area contributed by atoms with Gasteiger partial charge in [0, 0.05) is 31.3 Å². The number of hydrogen-bond acceptors (Lipinski definition) is 2. The van der Waals surface area contributed by atoms with Crippen molar-refractivity contribution in [2.24, 2.45) is 10.8 Å². The predicted molar refractivity (Wildman–Crippen MR) is 120 cm³/mol. The molecule has 158 valence electrons. The van der Waals surface area contributed by atoms with Gasteiger partial charge < -0.3 is 13.9 Å². The van der Waals surface area contributed by atoms with E-state index in [-0.39, 0.29) is 11.3 Å². The molecule has 2 fully saturated rings. The van der Waals surface area contributed by atoms with Crippen molar-refractivity contribution in [3.05, 3.63) is 59.0 Å². The highest BCUT2D eigenvalue weighted by atomic mass is 16.3. The van der Waals surface area contributed by atoms with Gasteiger partial charge in [0.25, 0.3) is 5.91 Å². The second-order valence-electron chi connectivity index (χ2n) is 10.9. The number of rotatable bonds is 3. The van der Waals surface area contributed by atoms with Gasteiger partial charge in [0.1, 0.15) is 11.5 Å². The van der Waals surface area contributed by atoms with Crippen molar-refractivity contribution in [2.45, 2.75) is 66.5 Å². The van der Waals surface area contributed by atoms with E-state index in [0.717, 1.165) is 41.9 Å². The smallest absolute Gasteiger partial charge is 0.270 e. The molecule has 0 unspecified atom stereocenters. The molecule has 2 aromatic heterocycles. The van der Waals surface area contributed by atoms with Crippen molar-refractivity contribution in [2.75, 3.05) is 6.54 Å². The largest absolute Gasteiger partial charge is 0.460 e. The van der Waals surface area contributed by atoms with Gasteiger partial charge in [0.2, 0.25) is 0 Å². The lowest BCUT2D eigenvalue weighted by Gasteiger charge is -2.39. The summed E-state index contributed by atoms with van der Waals surface area (Å²) >= 11 is 0. The molecular weight excluding hydrogens is 372 g/mol. The van der Waals surface area contributed by atoms with Gasteiger partial charge in [-0.1, -0.05) is 50.6 Å². The molecule has 1 aliphatic carbocycles. The van der Waals surface area contributed by atoms with Gasteiger partial charge in [-0.25, -0.2) is 0 Å². The highest BCUT2D eigenvalue weighted by Crippen LogP contribution is 2.52. The zero-order valence-corrected chi connectivity index (χ0v) is 18.8. The molecule has 4 nitrogen and oxygen atoms in total. The van der Waals surface area contributed by atoms with E-state index in [0.29, 0.717) is 18.0 Å². The quantitative estimate of drug-likeness (QED) is 0.542. The Morgan fingerprint density at radius 2 is 1.83 bits per heavy atom. The van der Waals surface area contributed by atoms with E-state index in [2.05, 4.69) is 61.4 Å². The lowest BCUT2D eigenvalue weighted by Crippen LogP contribution is -2.38. The SMILES string of the molecule is Cc1ccc(Cn2c(C(=O)N3C[C@]4(C)C[C@H]3CC(C)(C)C4)cc3oc(C)cc32)cc1. The molecule has 1 aromatic carbocycles. The molecule has 4 heteroatoms. The van der Waals surface area contributed by atoms with Crippen LogP contribution in [0.25, 0.3) is 11.1 Å². The maximum Gasteiger partial charge on any atom is 0.270 e. The summed E-state index contributed by atoms with van der Waals surface area (Å²) in [5.41, 5.74) is 5.51. The fourth-order valence-electron chi connectivity index (χ4n) is 6.23. The Kier molecular flexibility index (Phi) is 4.22. The van der Waals surface area contributed by atoms with Crippen molar-refractivity contribution < 1.29 is 9.21 Å². The molecule has 1 saturated heterocycles. The number of benzene rings is 1. The third-order valence-corrected chi connectivity index (χ3v) is 7.07. The van der Waals surface area contributed by atoms with E-state index in [1.165, 1.54) is 17.5 Å². The van der Waals surface area contributed by atoms with Crippen LogP contribution in [0.4, 0.5) is 0 Å². The molecule has 0 N–H and O–H groups in total. The van der Waals surface area contributed by atoms with Crippen LogP contribution in [-0.2, 0) is 6.54 Å². The van der Waals surface area contributed by atoms with Crippen LogP contribution in [0, 0.1) is 24.7 Å². The third-order valence-electron chi connectivity index (χ3n) is 7.07. The second-order valence-corrected chi connectivity index (χ2v) is 10.9. The highest BCUT2D eigenvalue weighted by Gasteiger charge is 2.51. The Morgan fingerprint density at radius 3 is 2.57 bits per heavy atom. The van der Waals surface area contributed by atoms with Gasteiger partial charge in [-0.05, 0) is 49.5 Å². The first-order chi connectivity index (χ1) is 14.1. The maximum atomic E-state index is 13.8. The molecule has 1 aliphatic heterocycles. The van der Waals surface area contributed by atoms with Crippen molar-refractivity contribution in [3.63, 3.8) is 0 Å². The number of fused-ring (bicyclic) bond motifs is 3. The van der Waals surface area contributed by atoms with Crippen molar-refractivity contribution in [3.8, 4) is 0 Å². The van der Waals surface area contributed by atoms with E-state index in [1.54, 1.807) is 0 Å². The number of nitrogens with zero attached hydrogens (tertiary/aromatic N) is 2. The second kappa shape index (κ2) is 6.50. The van der Waals surface area contributed by atoms with Gasteiger partial charge in [-0.15, -0.1) is 0 Å². The van der Waals surface area contributed by atoms with Gasteiger partial charge in [-0.2, -0.15) is 0 Å². The third kappa shape index (κ3) is 3.27. The molecule has 1 amide bonds. The molecule has 0 spiro atoms. The summed E-state index contributed by atoms with van der Waals surface area (Å²) in [5, 5.41) is 0. The molecule has 2 bridgehead atoms. The minimum Gasteiger partial charge on any atom is -0.460 e. The summed E-state index contributed by atoms with van der Waals surface area (Å²) in [4.78, 5) is 16.0. The fraction of sp³-hybridized carbons (Fsp3) is 0.500. The summed E-state index contributed by atoms with van der Waals surface area (Å²) in [6, 6.07) is 12.9. The Morgan fingerprint density at radius 1 is 1.10 bits per heavy atom. The summed E-state index contributed by atoms with van der Waals surface area (Å²) in [6.45, 7) is 12.6. The number of aromatic nitrogens is 1. The van der Waals surface area contributed by atoms with Gasteiger partial charge in [-0.3, -0.25) is 4.79 Å². The monoisotopic (exact) mass is 404 g/mol. The molecule has 2 aliphatic rings. The van der Waals surface area contributed by atoms with Crippen molar-refractivity contribution >= 4 is 17.0 Å². The van der Waals surface area contributed by atoms with Gasteiger partial charge >= 0.3 is 0 Å². The average Bonchev–Trinajstić information content (AvgIpc) is 3.24. The number of hydrogen-bond donors (Lipinski definition) is 0. The minimum absolute atomic E-state index is 0.151. The lowest BCUT2D eigenvalue weighted by molar-refractivity contribution is 0.0698. The lowest BCUT2D eigenvalue weighted by atomic mass is 9.65. The zero-order chi connectivity index (χ0) is 21.3. The number of furan rings is 1. The van der Waals surface area contributed by atoms with E-state index >= 15 is 0 Å². The topological polar surface area (TPSA) is 38.4 Å². The summed E-state index contributed by atoms with van der Waals surface area (Å²) in [6.07, 6.45) is 3.39. The van der Waals surface area contributed by atoms with Gasteiger partial charge in [0.15, 0.2) is 5.58 Å². The number of likely N-dealkylation sites (tertiary alicyclic amines) is 1. The normalized spacial score (nSPS) is 25.2. The van der Waals surface area contributed by atoms with Crippen molar-refractivity contribution in [1.82, 2.24) is 9.47 Å². The Hall–Kier alpha value is -2.49. The molecule has 2 atom stereocenters. The Balaban J connectivity index is 1.53. The first-order valence-electron chi connectivity index (χ1n) is 11.1.